The maximum Gasteiger partial charge on any atom is 0.142 e. The Balaban J connectivity index is 2.04. The summed E-state index contributed by atoms with van der Waals surface area (Å²) >= 11 is 1.85. The molecule has 1 aromatic carbocycles. The molecule has 0 atom stereocenters. The standard InChI is InChI=1S/C16H21NOS/c1-4-9-18-16-8-6-5-7-15(16)17-11-14-10-12(2)19-13(14)3/h5-8,10,17H,4,9,11H2,1-3H3. The lowest BCUT2D eigenvalue weighted by Gasteiger charge is -2.12. The van der Waals surface area contributed by atoms with Gasteiger partial charge in [0.1, 0.15) is 5.75 Å². The molecule has 1 N–H and O–H groups in total. The lowest BCUT2D eigenvalue weighted by atomic mass is 10.2. The number of thiophene rings is 1. The van der Waals surface area contributed by atoms with Gasteiger partial charge in [-0.05, 0) is 44.0 Å². The molecule has 2 rings (SSSR count). The summed E-state index contributed by atoms with van der Waals surface area (Å²) in [6.45, 7) is 8.05. The van der Waals surface area contributed by atoms with E-state index >= 15 is 0 Å². The van der Waals surface area contributed by atoms with Crippen molar-refractivity contribution in [1.29, 1.82) is 0 Å². The third-order valence-corrected chi connectivity index (χ3v) is 3.97. The van der Waals surface area contributed by atoms with Gasteiger partial charge in [0, 0.05) is 16.3 Å². The highest BCUT2D eigenvalue weighted by Gasteiger charge is 2.05. The zero-order valence-corrected chi connectivity index (χ0v) is 12.6. The number of hydrogen-bond donors (Lipinski definition) is 1. The molecule has 19 heavy (non-hydrogen) atoms. The average molecular weight is 275 g/mol. The van der Waals surface area contributed by atoms with E-state index in [0.29, 0.717) is 0 Å². The first-order valence-electron chi connectivity index (χ1n) is 6.72. The van der Waals surface area contributed by atoms with E-state index in [2.05, 4.69) is 38.2 Å². The predicted molar refractivity (Wildman–Crippen MR) is 83.3 cm³/mol. The number of ether oxygens (including phenoxy) is 1. The van der Waals surface area contributed by atoms with Crippen LogP contribution in [0.3, 0.4) is 0 Å². The molecule has 0 saturated carbocycles. The Morgan fingerprint density at radius 3 is 2.68 bits per heavy atom. The van der Waals surface area contributed by atoms with E-state index in [4.69, 9.17) is 4.74 Å². The fourth-order valence-corrected chi connectivity index (χ4v) is 2.95. The lowest BCUT2D eigenvalue weighted by molar-refractivity contribution is 0.319. The first-order valence-corrected chi connectivity index (χ1v) is 7.54. The van der Waals surface area contributed by atoms with Crippen molar-refractivity contribution in [2.75, 3.05) is 11.9 Å². The molecule has 0 unspecified atom stereocenters. The van der Waals surface area contributed by atoms with Crippen LogP contribution in [0.25, 0.3) is 0 Å². The smallest absolute Gasteiger partial charge is 0.142 e. The van der Waals surface area contributed by atoms with Gasteiger partial charge in [-0.25, -0.2) is 0 Å². The van der Waals surface area contributed by atoms with Crippen molar-refractivity contribution in [3.8, 4) is 5.75 Å². The van der Waals surface area contributed by atoms with Gasteiger partial charge in [0.2, 0.25) is 0 Å². The molecule has 2 nitrogen and oxygen atoms in total. The molecule has 1 heterocycles. The van der Waals surface area contributed by atoms with Crippen molar-refractivity contribution < 1.29 is 4.74 Å². The minimum absolute atomic E-state index is 0.759. The summed E-state index contributed by atoms with van der Waals surface area (Å²) in [5.41, 5.74) is 2.44. The van der Waals surface area contributed by atoms with Gasteiger partial charge in [-0.3, -0.25) is 0 Å². The summed E-state index contributed by atoms with van der Waals surface area (Å²) in [6.07, 6.45) is 1.02. The number of aryl methyl sites for hydroxylation is 2. The van der Waals surface area contributed by atoms with E-state index in [1.807, 2.05) is 29.5 Å². The van der Waals surface area contributed by atoms with Gasteiger partial charge in [-0.1, -0.05) is 19.1 Å². The monoisotopic (exact) mass is 275 g/mol. The fraction of sp³-hybridized carbons (Fsp3) is 0.375. The second kappa shape index (κ2) is 6.62. The van der Waals surface area contributed by atoms with Crippen molar-refractivity contribution in [2.24, 2.45) is 0 Å². The van der Waals surface area contributed by atoms with Crippen molar-refractivity contribution >= 4 is 17.0 Å². The molecule has 102 valence electrons. The summed E-state index contributed by atoms with van der Waals surface area (Å²) in [7, 11) is 0. The van der Waals surface area contributed by atoms with E-state index in [0.717, 1.165) is 31.0 Å². The van der Waals surface area contributed by atoms with Gasteiger partial charge >= 0.3 is 0 Å². The maximum absolute atomic E-state index is 5.75. The van der Waals surface area contributed by atoms with Crippen LogP contribution >= 0.6 is 11.3 Å². The predicted octanol–water partition coefficient (Wildman–Crippen LogP) is 4.77. The molecule has 0 fully saturated rings. The van der Waals surface area contributed by atoms with Crippen molar-refractivity contribution in [1.82, 2.24) is 0 Å². The Morgan fingerprint density at radius 1 is 1.21 bits per heavy atom. The highest BCUT2D eigenvalue weighted by Crippen LogP contribution is 2.26. The van der Waals surface area contributed by atoms with Crippen LogP contribution in [0.1, 0.15) is 28.7 Å². The zero-order chi connectivity index (χ0) is 13.7. The van der Waals surface area contributed by atoms with Crippen LogP contribution in [0, 0.1) is 13.8 Å². The maximum atomic E-state index is 5.75. The number of hydrogen-bond acceptors (Lipinski definition) is 3. The van der Waals surface area contributed by atoms with Crippen LogP contribution in [0.15, 0.2) is 30.3 Å². The second-order valence-electron chi connectivity index (χ2n) is 4.64. The molecular formula is C16H21NOS. The molecule has 0 saturated heterocycles. The number of para-hydroxylation sites is 2. The Morgan fingerprint density at radius 2 is 2.00 bits per heavy atom. The van der Waals surface area contributed by atoms with Crippen LogP contribution in [0.2, 0.25) is 0 Å². The van der Waals surface area contributed by atoms with Crippen LogP contribution in [-0.4, -0.2) is 6.61 Å². The molecule has 1 aromatic heterocycles. The summed E-state index contributed by atoms with van der Waals surface area (Å²) in [5.74, 6) is 0.939. The Hall–Kier alpha value is -1.48. The van der Waals surface area contributed by atoms with Crippen molar-refractivity contribution in [3.05, 3.63) is 45.6 Å². The normalized spacial score (nSPS) is 10.5. The molecule has 0 aliphatic heterocycles. The zero-order valence-electron chi connectivity index (χ0n) is 11.8. The summed E-state index contributed by atoms with van der Waals surface area (Å²) in [5, 5.41) is 3.47. The van der Waals surface area contributed by atoms with E-state index in [9.17, 15) is 0 Å². The fourth-order valence-electron chi connectivity index (χ4n) is 2.00. The van der Waals surface area contributed by atoms with Gasteiger partial charge in [0.25, 0.3) is 0 Å². The van der Waals surface area contributed by atoms with Crippen LogP contribution in [0.4, 0.5) is 5.69 Å². The van der Waals surface area contributed by atoms with Gasteiger partial charge in [-0.2, -0.15) is 0 Å². The van der Waals surface area contributed by atoms with Gasteiger partial charge in [-0.15, -0.1) is 11.3 Å². The molecule has 0 radical (unpaired) electrons. The molecule has 0 aliphatic carbocycles. The highest BCUT2D eigenvalue weighted by atomic mass is 32.1. The largest absolute Gasteiger partial charge is 0.491 e. The van der Waals surface area contributed by atoms with E-state index in [1.165, 1.54) is 15.3 Å². The third kappa shape index (κ3) is 3.74. The second-order valence-corrected chi connectivity index (χ2v) is 6.10. The molecule has 2 aromatic rings. The van der Waals surface area contributed by atoms with E-state index in [-0.39, 0.29) is 0 Å². The topological polar surface area (TPSA) is 21.3 Å². The quantitative estimate of drug-likeness (QED) is 0.820. The average Bonchev–Trinajstić information content (AvgIpc) is 2.73. The first kappa shape index (κ1) is 13.9. The molecule has 0 spiro atoms. The minimum atomic E-state index is 0.759. The van der Waals surface area contributed by atoms with Crippen LogP contribution < -0.4 is 10.1 Å². The number of anilines is 1. The van der Waals surface area contributed by atoms with Crippen LogP contribution in [0.5, 0.6) is 5.75 Å². The summed E-state index contributed by atoms with van der Waals surface area (Å²) in [4.78, 5) is 2.75. The molecule has 0 amide bonds. The minimum Gasteiger partial charge on any atom is -0.491 e. The van der Waals surface area contributed by atoms with Crippen LogP contribution in [-0.2, 0) is 6.54 Å². The Labute approximate surface area is 119 Å². The highest BCUT2D eigenvalue weighted by molar-refractivity contribution is 7.12. The van der Waals surface area contributed by atoms with Crippen molar-refractivity contribution in [3.63, 3.8) is 0 Å². The Bertz CT molecular complexity index is 533. The summed E-state index contributed by atoms with van der Waals surface area (Å²) in [6, 6.07) is 10.4. The lowest BCUT2D eigenvalue weighted by Crippen LogP contribution is -2.03. The number of rotatable bonds is 6. The Kier molecular flexibility index (Phi) is 4.86. The van der Waals surface area contributed by atoms with Gasteiger partial charge < -0.3 is 10.1 Å². The summed E-state index contributed by atoms with van der Waals surface area (Å²) < 4.78 is 5.75. The van der Waals surface area contributed by atoms with Gasteiger partial charge in [0.15, 0.2) is 0 Å². The first-order chi connectivity index (χ1) is 9.20. The SMILES string of the molecule is CCCOc1ccccc1NCc1cc(C)sc1C. The van der Waals surface area contributed by atoms with E-state index < -0.39 is 0 Å². The van der Waals surface area contributed by atoms with E-state index in [1.54, 1.807) is 0 Å². The number of benzene rings is 1. The molecule has 0 bridgehead atoms. The molecule has 3 heteroatoms. The molecule has 0 aliphatic rings. The number of nitrogens with one attached hydrogen (secondary N) is 1. The third-order valence-electron chi connectivity index (χ3n) is 2.96. The molecular weight excluding hydrogens is 254 g/mol. The van der Waals surface area contributed by atoms with Gasteiger partial charge in [0.05, 0.1) is 12.3 Å². The van der Waals surface area contributed by atoms with Crippen molar-refractivity contribution in [2.45, 2.75) is 33.7 Å².